The lowest BCUT2D eigenvalue weighted by atomic mass is 9.87. The van der Waals surface area contributed by atoms with Crippen LogP contribution in [0.3, 0.4) is 0 Å². The van der Waals surface area contributed by atoms with E-state index in [2.05, 4.69) is 51.9 Å². The van der Waals surface area contributed by atoms with Gasteiger partial charge < -0.3 is 15.3 Å². The van der Waals surface area contributed by atoms with Crippen LogP contribution in [0.5, 0.6) is 0 Å². The molecule has 0 aromatic heterocycles. The number of aliphatic hydroxyl groups excluding tert-OH is 1. The molecule has 3 heteroatoms. The monoisotopic (exact) mass is 244 g/mol. The van der Waals surface area contributed by atoms with Crippen molar-refractivity contribution in [2.75, 3.05) is 26.7 Å². The Morgan fingerprint density at radius 1 is 1.29 bits per heavy atom. The van der Waals surface area contributed by atoms with E-state index in [-0.39, 0.29) is 6.61 Å². The zero-order valence-electron chi connectivity index (χ0n) is 12.6. The van der Waals surface area contributed by atoms with E-state index in [0.717, 1.165) is 25.9 Å². The van der Waals surface area contributed by atoms with E-state index >= 15 is 0 Å². The van der Waals surface area contributed by atoms with Gasteiger partial charge in [-0.05, 0) is 38.8 Å². The van der Waals surface area contributed by atoms with Crippen LogP contribution in [0.25, 0.3) is 0 Å². The van der Waals surface area contributed by atoms with Crippen LogP contribution < -0.4 is 5.32 Å². The molecule has 2 N–H and O–H groups in total. The molecule has 0 heterocycles. The van der Waals surface area contributed by atoms with Crippen molar-refractivity contribution in [2.45, 2.75) is 59.5 Å². The van der Waals surface area contributed by atoms with E-state index in [1.54, 1.807) is 0 Å². The lowest BCUT2D eigenvalue weighted by Crippen LogP contribution is -2.47. The maximum absolute atomic E-state index is 9.09. The first kappa shape index (κ1) is 16.9. The summed E-state index contributed by atoms with van der Waals surface area (Å²) in [5, 5.41) is 12.6. The Morgan fingerprint density at radius 2 is 1.88 bits per heavy atom. The highest BCUT2D eigenvalue weighted by Crippen LogP contribution is 2.23. The fourth-order valence-corrected chi connectivity index (χ4v) is 1.93. The third-order valence-corrected chi connectivity index (χ3v) is 3.58. The predicted octanol–water partition coefficient (Wildman–Crippen LogP) is 2.10. The van der Waals surface area contributed by atoms with Gasteiger partial charge in [-0.3, -0.25) is 0 Å². The van der Waals surface area contributed by atoms with Crippen LogP contribution in [0, 0.1) is 5.41 Å². The number of nitrogens with zero attached hydrogens (tertiary/aromatic N) is 1. The molecular formula is C14H32N2O. The van der Waals surface area contributed by atoms with Crippen LogP contribution in [0.2, 0.25) is 0 Å². The second kappa shape index (κ2) is 8.06. The maximum atomic E-state index is 9.09. The molecule has 0 bridgehead atoms. The molecule has 0 fully saturated rings. The Hall–Kier alpha value is -0.120. The summed E-state index contributed by atoms with van der Waals surface area (Å²) in [5.41, 5.74) is 0.295. The highest BCUT2D eigenvalue weighted by Gasteiger charge is 2.25. The molecular weight excluding hydrogens is 212 g/mol. The topological polar surface area (TPSA) is 35.5 Å². The van der Waals surface area contributed by atoms with Crippen molar-refractivity contribution >= 4 is 0 Å². The average Bonchev–Trinajstić information content (AvgIpc) is 2.23. The third-order valence-electron chi connectivity index (χ3n) is 3.58. The van der Waals surface area contributed by atoms with E-state index in [1.807, 2.05) is 0 Å². The molecule has 104 valence electrons. The highest BCUT2D eigenvalue weighted by atomic mass is 16.3. The Labute approximate surface area is 108 Å². The maximum Gasteiger partial charge on any atom is 0.0446 e. The Balaban J connectivity index is 4.23. The number of nitrogens with one attached hydrogen (secondary N) is 1. The van der Waals surface area contributed by atoms with Gasteiger partial charge in [-0.15, -0.1) is 0 Å². The van der Waals surface area contributed by atoms with Crippen LogP contribution in [0.15, 0.2) is 0 Å². The fourth-order valence-electron chi connectivity index (χ4n) is 1.93. The van der Waals surface area contributed by atoms with Gasteiger partial charge in [0.25, 0.3) is 0 Å². The average molecular weight is 244 g/mol. The molecule has 0 saturated carbocycles. The van der Waals surface area contributed by atoms with Gasteiger partial charge in [0.2, 0.25) is 0 Å². The predicted molar refractivity (Wildman–Crippen MR) is 75.3 cm³/mol. The van der Waals surface area contributed by atoms with Crippen LogP contribution in [0.1, 0.15) is 47.5 Å². The van der Waals surface area contributed by atoms with E-state index in [9.17, 15) is 0 Å². The zero-order valence-corrected chi connectivity index (χ0v) is 12.6. The van der Waals surface area contributed by atoms with Crippen molar-refractivity contribution in [1.82, 2.24) is 10.2 Å². The van der Waals surface area contributed by atoms with Gasteiger partial charge >= 0.3 is 0 Å². The molecule has 0 aliphatic heterocycles. The summed E-state index contributed by atoms with van der Waals surface area (Å²) in [6, 6.07) is 0.932. The smallest absolute Gasteiger partial charge is 0.0446 e. The molecule has 0 rings (SSSR count). The van der Waals surface area contributed by atoms with Crippen LogP contribution >= 0.6 is 0 Å². The van der Waals surface area contributed by atoms with Crippen molar-refractivity contribution in [3.05, 3.63) is 0 Å². The van der Waals surface area contributed by atoms with E-state index in [4.69, 9.17) is 5.11 Å². The fraction of sp³-hybridized carbons (Fsp3) is 1.00. The van der Waals surface area contributed by atoms with Crippen molar-refractivity contribution in [3.8, 4) is 0 Å². The first-order valence-electron chi connectivity index (χ1n) is 6.87. The summed E-state index contributed by atoms with van der Waals surface area (Å²) in [4.78, 5) is 2.39. The van der Waals surface area contributed by atoms with Crippen molar-refractivity contribution in [1.29, 1.82) is 0 Å². The molecule has 0 aromatic carbocycles. The SMILES string of the molecule is CCCNC(CCO)CN(C)C(C)C(C)(C)C. The summed E-state index contributed by atoms with van der Waals surface area (Å²) in [5.74, 6) is 0. The molecule has 3 nitrogen and oxygen atoms in total. The zero-order chi connectivity index (χ0) is 13.5. The van der Waals surface area contributed by atoms with Gasteiger partial charge in [0.05, 0.1) is 0 Å². The number of rotatable bonds is 8. The van der Waals surface area contributed by atoms with Crippen LogP contribution in [-0.2, 0) is 0 Å². The van der Waals surface area contributed by atoms with Gasteiger partial charge in [0.1, 0.15) is 0 Å². The summed E-state index contributed by atoms with van der Waals surface area (Å²) in [7, 11) is 2.17. The van der Waals surface area contributed by atoms with E-state index in [0.29, 0.717) is 17.5 Å². The summed E-state index contributed by atoms with van der Waals surface area (Å²) >= 11 is 0. The molecule has 0 spiro atoms. The third kappa shape index (κ3) is 7.02. The number of hydrogen-bond donors (Lipinski definition) is 2. The minimum absolute atomic E-state index is 0.263. The number of aliphatic hydroxyl groups is 1. The molecule has 2 atom stereocenters. The number of hydrogen-bond acceptors (Lipinski definition) is 3. The molecule has 0 aliphatic carbocycles. The molecule has 0 saturated heterocycles. The number of likely N-dealkylation sites (N-methyl/N-ethyl adjacent to an activating group) is 1. The quantitative estimate of drug-likeness (QED) is 0.686. The Kier molecular flexibility index (Phi) is 8.01. The largest absolute Gasteiger partial charge is 0.396 e. The standard InChI is InChI=1S/C14H32N2O/c1-7-9-15-13(8-10-17)11-16(6)12(2)14(3,4)5/h12-13,15,17H,7-11H2,1-6H3. The molecule has 0 radical (unpaired) electrons. The normalized spacial score (nSPS) is 16.2. The van der Waals surface area contributed by atoms with Gasteiger partial charge in [0, 0.05) is 25.2 Å². The lowest BCUT2D eigenvalue weighted by molar-refractivity contribution is 0.122. The Bertz CT molecular complexity index is 189. The first-order valence-corrected chi connectivity index (χ1v) is 6.87. The Morgan fingerprint density at radius 3 is 2.29 bits per heavy atom. The molecule has 0 aliphatic rings. The molecule has 17 heavy (non-hydrogen) atoms. The summed E-state index contributed by atoms with van der Waals surface area (Å²) < 4.78 is 0. The summed E-state index contributed by atoms with van der Waals surface area (Å²) in [6.07, 6.45) is 1.97. The van der Waals surface area contributed by atoms with Crippen molar-refractivity contribution in [2.24, 2.45) is 5.41 Å². The molecule has 0 amide bonds. The summed E-state index contributed by atoms with van der Waals surface area (Å²) in [6.45, 7) is 13.6. The van der Waals surface area contributed by atoms with Crippen molar-refractivity contribution in [3.63, 3.8) is 0 Å². The van der Waals surface area contributed by atoms with Crippen LogP contribution in [-0.4, -0.2) is 48.8 Å². The van der Waals surface area contributed by atoms with E-state index < -0.39 is 0 Å². The van der Waals surface area contributed by atoms with Crippen molar-refractivity contribution < 1.29 is 5.11 Å². The first-order chi connectivity index (χ1) is 7.82. The second-order valence-corrected chi connectivity index (χ2v) is 6.14. The molecule has 2 unspecified atom stereocenters. The van der Waals surface area contributed by atoms with Gasteiger partial charge in [-0.1, -0.05) is 27.7 Å². The van der Waals surface area contributed by atoms with E-state index in [1.165, 1.54) is 0 Å². The van der Waals surface area contributed by atoms with Gasteiger partial charge in [-0.2, -0.15) is 0 Å². The minimum Gasteiger partial charge on any atom is -0.396 e. The lowest BCUT2D eigenvalue weighted by Gasteiger charge is -2.37. The van der Waals surface area contributed by atoms with Crippen LogP contribution in [0.4, 0.5) is 0 Å². The highest BCUT2D eigenvalue weighted by molar-refractivity contribution is 4.80. The molecule has 0 aromatic rings. The van der Waals surface area contributed by atoms with Gasteiger partial charge in [-0.25, -0.2) is 0 Å². The van der Waals surface area contributed by atoms with Gasteiger partial charge in [0.15, 0.2) is 0 Å². The minimum atomic E-state index is 0.263. The second-order valence-electron chi connectivity index (χ2n) is 6.14.